The first-order chi connectivity index (χ1) is 11.0. The molecule has 0 aromatic heterocycles. The average molecular weight is 323 g/mol. The summed E-state index contributed by atoms with van der Waals surface area (Å²) in [5.74, 6) is 0.220. The molecule has 0 bridgehead atoms. The van der Waals surface area contributed by atoms with Gasteiger partial charge in [-0.15, -0.1) is 0 Å². The van der Waals surface area contributed by atoms with Crippen molar-refractivity contribution >= 4 is 11.9 Å². The van der Waals surface area contributed by atoms with Gasteiger partial charge in [-0.3, -0.25) is 9.59 Å². The fourth-order valence-corrected chi connectivity index (χ4v) is 1.77. The number of carbonyl (C=O) groups is 2. The number of rotatable bonds is 10. The van der Waals surface area contributed by atoms with E-state index in [1.807, 2.05) is 38.1 Å². The Bertz CT molecular complexity index is 484. The van der Waals surface area contributed by atoms with E-state index in [9.17, 15) is 9.59 Å². The highest BCUT2D eigenvalue weighted by Gasteiger charge is 2.08. The summed E-state index contributed by atoms with van der Waals surface area (Å²) in [5, 5.41) is 2.77. The molecule has 0 radical (unpaired) electrons. The van der Waals surface area contributed by atoms with E-state index in [2.05, 4.69) is 5.32 Å². The molecule has 0 fully saturated rings. The maximum Gasteiger partial charge on any atom is 0.306 e. The average Bonchev–Trinajstić information content (AvgIpc) is 2.52. The molecule has 0 saturated heterocycles. The Kier molecular flexibility index (Phi) is 8.75. The molecule has 1 aromatic rings. The number of hydrogen-bond donors (Lipinski definition) is 1. The minimum atomic E-state index is -0.396. The summed E-state index contributed by atoms with van der Waals surface area (Å²) in [4.78, 5) is 23.0. The van der Waals surface area contributed by atoms with Crippen LogP contribution in [0.4, 0.5) is 0 Å². The molecule has 0 spiro atoms. The molecule has 0 aliphatic heterocycles. The lowest BCUT2D eigenvalue weighted by atomic mass is 10.2. The zero-order valence-corrected chi connectivity index (χ0v) is 14.0. The third kappa shape index (κ3) is 8.83. The highest BCUT2D eigenvalue weighted by Crippen LogP contribution is 2.13. The molecule has 0 saturated carbocycles. The maximum absolute atomic E-state index is 11.7. The predicted octanol–water partition coefficient (Wildman–Crippen LogP) is 2.06. The van der Waals surface area contributed by atoms with Gasteiger partial charge in [-0.1, -0.05) is 12.1 Å². The first-order valence-electron chi connectivity index (χ1n) is 7.68. The van der Waals surface area contributed by atoms with Crippen LogP contribution in [-0.2, 0) is 25.6 Å². The molecule has 0 aliphatic carbocycles. The monoisotopic (exact) mass is 323 g/mol. The normalized spacial score (nSPS) is 10.4. The molecule has 1 rings (SSSR count). The van der Waals surface area contributed by atoms with Crippen molar-refractivity contribution in [1.82, 2.24) is 5.32 Å². The van der Waals surface area contributed by atoms with E-state index in [-0.39, 0.29) is 31.5 Å². The van der Waals surface area contributed by atoms with Crippen LogP contribution < -0.4 is 10.1 Å². The SMILES string of the molecule is COCCOC(=O)CCC(=O)NCc1ccc(OC(C)C)cc1. The lowest BCUT2D eigenvalue weighted by Crippen LogP contribution is -2.23. The molecule has 1 amide bonds. The van der Waals surface area contributed by atoms with E-state index in [1.165, 1.54) is 7.11 Å². The van der Waals surface area contributed by atoms with Gasteiger partial charge in [-0.05, 0) is 31.5 Å². The number of ether oxygens (including phenoxy) is 3. The lowest BCUT2D eigenvalue weighted by Gasteiger charge is -2.10. The van der Waals surface area contributed by atoms with Crippen molar-refractivity contribution < 1.29 is 23.8 Å². The van der Waals surface area contributed by atoms with Crippen LogP contribution in [0.25, 0.3) is 0 Å². The highest BCUT2D eigenvalue weighted by atomic mass is 16.6. The van der Waals surface area contributed by atoms with E-state index in [1.54, 1.807) is 0 Å². The molecular formula is C17H25NO5. The Labute approximate surface area is 137 Å². The third-order valence-corrected chi connectivity index (χ3v) is 2.89. The van der Waals surface area contributed by atoms with E-state index >= 15 is 0 Å². The van der Waals surface area contributed by atoms with Crippen LogP contribution in [0.15, 0.2) is 24.3 Å². The molecule has 128 valence electrons. The fraction of sp³-hybridized carbons (Fsp3) is 0.529. The first-order valence-corrected chi connectivity index (χ1v) is 7.68. The Hall–Kier alpha value is -2.08. The Balaban J connectivity index is 2.23. The molecular weight excluding hydrogens is 298 g/mol. The van der Waals surface area contributed by atoms with Crippen molar-refractivity contribution in [2.24, 2.45) is 0 Å². The van der Waals surface area contributed by atoms with E-state index in [0.29, 0.717) is 13.2 Å². The third-order valence-electron chi connectivity index (χ3n) is 2.89. The van der Waals surface area contributed by atoms with Gasteiger partial charge in [0.05, 0.1) is 19.1 Å². The number of nitrogens with one attached hydrogen (secondary N) is 1. The summed E-state index contributed by atoms with van der Waals surface area (Å²) in [6, 6.07) is 7.54. The van der Waals surface area contributed by atoms with Gasteiger partial charge in [-0.25, -0.2) is 0 Å². The number of esters is 1. The van der Waals surface area contributed by atoms with Crippen molar-refractivity contribution in [1.29, 1.82) is 0 Å². The van der Waals surface area contributed by atoms with E-state index in [0.717, 1.165) is 11.3 Å². The second kappa shape index (κ2) is 10.6. The van der Waals surface area contributed by atoms with E-state index < -0.39 is 5.97 Å². The molecule has 1 N–H and O–H groups in total. The molecule has 0 aliphatic rings. The molecule has 0 atom stereocenters. The zero-order chi connectivity index (χ0) is 17.1. The van der Waals surface area contributed by atoms with Crippen LogP contribution in [0.2, 0.25) is 0 Å². The van der Waals surface area contributed by atoms with Crippen LogP contribution in [0, 0.1) is 0 Å². The minimum Gasteiger partial charge on any atom is -0.491 e. The van der Waals surface area contributed by atoms with Gasteiger partial charge in [-0.2, -0.15) is 0 Å². The topological polar surface area (TPSA) is 73.9 Å². The van der Waals surface area contributed by atoms with Crippen LogP contribution in [0.3, 0.4) is 0 Å². The van der Waals surface area contributed by atoms with Gasteiger partial charge >= 0.3 is 5.97 Å². The molecule has 0 heterocycles. The van der Waals surface area contributed by atoms with Crippen molar-refractivity contribution in [2.75, 3.05) is 20.3 Å². The van der Waals surface area contributed by atoms with Crippen molar-refractivity contribution in [2.45, 2.75) is 39.3 Å². The number of amides is 1. The van der Waals surface area contributed by atoms with Crippen molar-refractivity contribution in [3.05, 3.63) is 29.8 Å². The Morgan fingerprint density at radius 1 is 1.09 bits per heavy atom. The summed E-state index contributed by atoms with van der Waals surface area (Å²) < 4.78 is 15.2. The predicted molar refractivity (Wildman–Crippen MR) is 86.1 cm³/mol. The quantitative estimate of drug-likeness (QED) is 0.527. The smallest absolute Gasteiger partial charge is 0.306 e. The minimum absolute atomic E-state index is 0.0662. The standard InChI is InChI=1S/C17H25NO5/c1-13(2)23-15-6-4-14(5-7-15)12-18-16(19)8-9-17(20)22-11-10-21-3/h4-7,13H,8-12H2,1-3H3,(H,18,19). The lowest BCUT2D eigenvalue weighted by molar-refractivity contribution is -0.146. The second-order valence-electron chi connectivity index (χ2n) is 5.30. The van der Waals surface area contributed by atoms with Gasteiger partial charge in [0.25, 0.3) is 0 Å². The van der Waals surface area contributed by atoms with Crippen molar-refractivity contribution in [3.8, 4) is 5.75 Å². The molecule has 1 aromatic carbocycles. The summed E-state index contributed by atoms with van der Waals surface area (Å²) in [6.45, 7) is 4.92. The summed E-state index contributed by atoms with van der Waals surface area (Å²) in [5.41, 5.74) is 0.970. The molecule has 0 unspecified atom stereocenters. The van der Waals surface area contributed by atoms with Gasteiger partial charge < -0.3 is 19.5 Å². The number of carbonyl (C=O) groups excluding carboxylic acids is 2. The van der Waals surface area contributed by atoms with Gasteiger partial charge in [0.15, 0.2) is 0 Å². The van der Waals surface area contributed by atoms with Gasteiger partial charge in [0.1, 0.15) is 12.4 Å². The molecule has 23 heavy (non-hydrogen) atoms. The molecule has 6 heteroatoms. The van der Waals surface area contributed by atoms with Crippen LogP contribution in [-0.4, -0.2) is 38.3 Å². The van der Waals surface area contributed by atoms with Crippen molar-refractivity contribution in [3.63, 3.8) is 0 Å². The fourth-order valence-electron chi connectivity index (χ4n) is 1.77. The van der Waals surface area contributed by atoms with Gasteiger partial charge in [0.2, 0.25) is 5.91 Å². The summed E-state index contributed by atoms with van der Waals surface area (Å²) in [7, 11) is 1.53. The zero-order valence-electron chi connectivity index (χ0n) is 14.0. The van der Waals surface area contributed by atoms with Crippen LogP contribution >= 0.6 is 0 Å². The number of methoxy groups -OCH3 is 1. The van der Waals surface area contributed by atoms with E-state index in [4.69, 9.17) is 14.2 Å². The summed E-state index contributed by atoms with van der Waals surface area (Å²) in [6.07, 6.45) is 0.307. The second-order valence-corrected chi connectivity index (χ2v) is 5.30. The van der Waals surface area contributed by atoms with Crippen LogP contribution in [0.5, 0.6) is 5.75 Å². The maximum atomic E-state index is 11.7. The Morgan fingerprint density at radius 2 is 1.78 bits per heavy atom. The van der Waals surface area contributed by atoms with Crippen LogP contribution in [0.1, 0.15) is 32.3 Å². The molecule has 6 nitrogen and oxygen atoms in total. The Morgan fingerprint density at radius 3 is 2.39 bits per heavy atom. The first kappa shape index (κ1) is 19.0. The number of hydrogen-bond acceptors (Lipinski definition) is 5. The summed E-state index contributed by atoms with van der Waals surface area (Å²) >= 11 is 0. The largest absolute Gasteiger partial charge is 0.491 e. The highest BCUT2D eigenvalue weighted by molar-refractivity contribution is 5.81. The van der Waals surface area contributed by atoms with Gasteiger partial charge in [0, 0.05) is 20.1 Å². The number of benzene rings is 1.